The van der Waals surface area contributed by atoms with Crippen LogP contribution in [-0.4, -0.2) is 92.8 Å². The second-order valence-electron chi connectivity index (χ2n) is 7.88. The second-order valence-corrected chi connectivity index (χ2v) is 9.86. The monoisotopic (exact) mass is 387 g/mol. The van der Waals surface area contributed by atoms with Crippen LogP contribution in [0.5, 0.6) is 0 Å². The Morgan fingerprint density at radius 2 is 1.54 bits per heavy atom. The van der Waals surface area contributed by atoms with Crippen molar-refractivity contribution in [3.63, 3.8) is 0 Å². The number of hydrogen-bond donors (Lipinski definition) is 2. The van der Waals surface area contributed by atoms with E-state index < -0.39 is 15.8 Å². The van der Waals surface area contributed by atoms with Crippen LogP contribution < -0.4 is 10.6 Å². The van der Waals surface area contributed by atoms with Gasteiger partial charge in [0.1, 0.15) is 5.79 Å². The molecule has 3 aliphatic rings. The Morgan fingerprint density at radius 3 is 2.08 bits per heavy atom. The number of carbonyl (C=O) groups excluding carboxylic acids is 1. The van der Waals surface area contributed by atoms with Crippen LogP contribution >= 0.6 is 0 Å². The average molecular weight is 388 g/mol. The maximum absolute atomic E-state index is 12.9. The molecule has 1 aliphatic carbocycles. The van der Waals surface area contributed by atoms with Crippen molar-refractivity contribution < 1.29 is 13.2 Å². The molecule has 0 spiro atoms. The standard InChI is InChI=1S/C17H33N5O3S/c1-17(20-9-7-18-8-10-20,19-16(23)15-5-3-4-6-15)21-11-13-22(14-12-21)26(2,24)25/h15,18H,3-14H2,1-2H3,(H,19,23). The highest BCUT2D eigenvalue weighted by Crippen LogP contribution is 2.27. The van der Waals surface area contributed by atoms with Crippen molar-refractivity contribution in [1.29, 1.82) is 0 Å². The summed E-state index contributed by atoms with van der Waals surface area (Å²) in [4.78, 5) is 17.5. The molecule has 1 atom stereocenters. The van der Waals surface area contributed by atoms with Crippen LogP contribution in [0.2, 0.25) is 0 Å². The van der Waals surface area contributed by atoms with E-state index in [-0.39, 0.29) is 11.8 Å². The molecule has 2 saturated heterocycles. The van der Waals surface area contributed by atoms with E-state index in [1.807, 2.05) is 0 Å². The van der Waals surface area contributed by atoms with Crippen molar-refractivity contribution in [2.75, 3.05) is 58.6 Å². The minimum absolute atomic E-state index is 0.120. The lowest BCUT2D eigenvalue weighted by Crippen LogP contribution is -2.73. The quantitative estimate of drug-likeness (QED) is 0.658. The summed E-state index contributed by atoms with van der Waals surface area (Å²) >= 11 is 0. The van der Waals surface area contributed by atoms with Gasteiger partial charge in [-0.1, -0.05) is 12.8 Å². The van der Waals surface area contributed by atoms with Gasteiger partial charge in [-0.25, -0.2) is 8.42 Å². The Kier molecular flexibility index (Phi) is 6.23. The molecule has 3 rings (SSSR count). The van der Waals surface area contributed by atoms with Crippen LogP contribution in [0.1, 0.15) is 32.6 Å². The molecule has 9 heteroatoms. The molecular weight excluding hydrogens is 354 g/mol. The first-order chi connectivity index (χ1) is 12.3. The fourth-order valence-electron chi connectivity index (χ4n) is 4.44. The third kappa shape index (κ3) is 4.39. The van der Waals surface area contributed by atoms with E-state index in [0.717, 1.165) is 51.9 Å². The molecule has 0 bridgehead atoms. The fraction of sp³-hybridized carbons (Fsp3) is 0.941. The number of hydrogen-bond acceptors (Lipinski definition) is 6. The van der Waals surface area contributed by atoms with Gasteiger partial charge in [-0.2, -0.15) is 4.31 Å². The Bertz CT molecular complexity index is 594. The minimum Gasteiger partial charge on any atom is -0.325 e. The summed E-state index contributed by atoms with van der Waals surface area (Å²) in [6, 6.07) is 0. The summed E-state index contributed by atoms with van der Waals surface area (Å²) in [7, 11) is -3.16. The minimum atomic E-state index is -3.16. The number of nitrogens with one attached hydrogen (secondary N) is 2. The van der Waals surface area contributed by atoms with E-state index >= 15 is 0 Å². The summed E-state index contributed by atoms with van der Waals surface area (Å²) in [5.41, 5.74) is 0. The van der Waals surface area contributed by atoms with Gasteiger partial charge in [-0.3, -0.25) is 14.6 Å². The predicted octanol–water partition coefficient (Wildman–Crippen LogP) is -0.551. The van der Waals surface area contributed by atoms with Gasteiger partial charge in [0.05, 0.1) is 6.26 Å². The molecule has 2 heterocycles. The molecule has 0 radical (unpaired) electrons. The first-order valence-corrected chi connectivity index (χ1v) is 11.6. The van der Waals surface area contributed by atoms with Crippen molar-refractivity contribution in [1.82, 2.24) is 24.7 Å². The Balaban J connectivity index is 1.73. The maximum Gasteiger partial charge on any atom is 0.225 e. The zero-order chi connectivity index (χ0) is 18.8. The lowest BCUT2D eigenvalue weighted by atomic mass is 10.1. The van der Waals surface area contributed by atoms with E-state index in [4.69, 9.17) is 0 Å². The van der Waals surface area contributed by atoms with E-state index in [1.165, 1.54) is 10.6 Å². The highest BCUT2D eigenvalue weighted by Gasteiger charge is 2.43. The van der Waals surface area contributed by atoms with Crippen LogP contribution in [-0.2, 0) is 14.8 Å². The van der Waals surface area contributed by atoms with Gasteiger partial charge < -0.3 is 10.6 Å². The van der Waals surface area contributed by atoms with E-state index in [9.17, 15) is 13.2 Å². The van der Waals surface area contributed by atoms with Crippen molar-refractivity contribution >= 4 is 15.9 Å². The lowest BCUT2D eigenvalue weighted by Gasteiger charge is -2.52. The smallest absolute Gasteiger partial charge is 0.225 e. The number of rotatable bonds is 5. The molecule has 150 valence electrons. The van der Waals surface area contributed by atoms with E-state index in [2.05, 4.69) is 27.4 Å². The summed E-state index contributed by atoms with van der Waals surface area (Å²) in [5.74, 6) is -0.297. The van der Waals surface area contributed by atoms with E-state index in [0.29, 0.717) is 26.2 Å². The zero-order valence-electron chi connectivity index (χ0n) is 16.0. The number of nitrogens with zero attached hydrogens (tertiary/aromatic N) is 3. The Hall–Kier alpha value is -0.740. The van der Waals surface area contributed by atoms with Crippen LogP contribution in [0.3, 0.4) is 0 Å². The average Bonchev–Trinajstić information content (AvgIpc) is 3.16. The highest BCUT2D eigenvalue weighted by atomic mass is 32.2. The molecule has 2 aliphatic heterocycles. The summed E-state index contributed by atoms with van der Waals surface area (Å²) < 4.78 is 25.2. The molecule has 1 amide bonds. The Labute approximate surface area is 157 Å². The second kappa shape index (κ2) is 8.10. The van der Waals surface area contributed by atoms with Gasteiger partial charge in [0.25, 0.3) is 0 Å². The fourth-order valence-corrected chi connectivity index (χ4v) is 5.26. The van der Waals surface area contributed by atoms with Crippen molar-refractivity contribution in [3.05, 3.63) is 0 Å². The van der Waals surface area contributed by atoms with Gasteiger partial charge in [-0.05, 0) is 19.8 Å². The normalized spacial score (nSPS) is 27.3. The zero-order valence-corrected chi connectivity index (χ0v) is 16.9. The van der Waals surface area contributed by atoms with Gasteiger partial charge in [-0.15, -0.1) is 0 Å². The van der Waals surface area contributed by atoms with Crippen LogP contribution in [0, 0.1) is 5.92 Å². The largest absolute Gasteiger partial charge is 0.325 e. The first kappa shape index (κ1) is 20.0. The third-order valence-electron chi connectivity index (χ3n) is 6.14. The van der Waals surface area contributed by atoms with Crippen LogP contribution in [0.25, 0.3) is 0 Å². The topological polar surface area (TPSA) is 85.0 Å². The van der Waals surface area contributed by atoms with Crippen molar-refractivity contribution in [2.45, 2.75) is 38.4 Å². The molecule has 1 saturated carbocycles. The third-order valence-corrected chi connectivity index (χ3v) is 7.45. The van der Waals surface area contributed by atoms with Crippen LogP contribution in [0.4, 0.5) is 0 Å². The molecule has 1 unspecified atom stereocenters. The molecule has 0 aromatic rings. The number of carbonyl (C=O) groups is 1. The summed E-state index contributed by atoms with van der Waals surface area (Å²) in [6.45, 7) is 7.82. The van der Waals surface area contributed by atoms with Crippen LogP contribution in [0.15, 0.2) is 0 Å². The van der Waals surface area contributed by atoms with Gasteiger partial charge in [0.15, 0.2) is 0 Å². The van der Waals surface area contributed by atoms with Gasteiger partial charge in [0.2, 0.25) is 15.9 Å². The summed E-state index contributed by atoms with van der Waals surface area (Å²) in [6.07, 6.45) is 5.49. The summed E-state index contributed by atoms with van der Waals surface area (Å²) in [5, 5.41) is 6.71. The maximum atomic E-state index is 12.9. The molecule has 3 fully saturated rings. The molecule has 8 nitrogen and oxygen atoms in total. The first-order valence-electron chi connectivity index (χ1n) is 9.79. The molecule has 0 aromatic heterocycles. The van der Waals surface area contributed by atoms with Crippen molar-refractivity contribution in [3.8, 4) is 0 Å². The van der Waals surface area contributed by atoms with Gasteiger partial charge >= 0.3 is 0 Å². The van der Waals surface area contributed by atoms with E-state index in [1.54, 1.807) is 0 Å². The predicted molar refractivity (Wildman–Crippen MR) is 101 cm³/mol. The number of sulfonamides is 1. The molecule has 2 N–H and O–H groups in total. The highest BCUT2D eigenvalue weighted by molar-refractivity contribution is 7.88. The number of piperazine rings is 2. The number of amides is 1. The Morgan fingerprint density at radius 1 is 1.00 bits per heavy atom. The lowest BCUT2D eigenvalue weighted by molar-refractivity contribution is -0.141. The molecular formula is C17H33N5O3S. The molecule has 26 heavy (non-hydrogen) atoms. The SMILES string of the molecule is CC(NC(=O)C1CCCC1)(N1CCNCC1)N1CCN(S(C)(=O)=O)CC1. The van der Waals surface area contributed by atoms with Gasteiger partial charge in [0, 0.05) is 58.3 Å². The molecule has 0 aromatic carbocycles. The van der Waals surface area contributed by atoms with Crippen molar-refractivity contribution in [2.24, 2.45) is 5.92 Å².